The standard InChI is InChI=1S/C16H22N4/c1-4-20(15-8-6-5-7-9-15)16-18-11-14(12-19-16)10-17-13(2)3/h5-9,11-13,17H,4,10H2,1-3H3. The van der Waals surface area contributed by atoms with Crippen molar-refractivity contribution in [1.29, 1.82) is 0 Å². The molecule has 2 rings (SSSR count). The van der Waals surface area contributed by atoms with Crippen molar-refractivity contribution >= 4 is 11.6 Å². The van der Waals surface area contributed by atoms with Gasteiger partial charge in [0.15, 0.2) is 0 Å². The second-order valence-corrected chi connectivity index (χ2v) is 5.01. The fourth-order valence-corrected chi connectivity index (χ4v) is 1.95. The van der Waals surface area contributed by atoms with E-state index in [0.717, 1.165) is 30.3 Å². The summed E-state index contributed by atoms with van der Waals surface area (Å²) in [5.41, 5.74) is 2.22. The summed E-state index contributed by atoms with van der Waals surface area (Å²) in [6.07, 6.45) is 3.78. The molecule has 0 unspecified atom stereocenters. The predicted octanol–water partition coefficient (Wildman–Crippen LogP) is 3.13. The summed E-state index contributed by atoms with van der Waals surface area (Å²) in [5.74, 6) is 0.743. The Labute approximate surface area is 120 Å². The van der Waals surface area contributed by atoms with Gasteiger partial charge in [-0.15, -0.1) is 0 Å². The maximum atomic E-state index is 4.48. The zero-order valence-corrected chi connectivity index (χ0v) is 12.4. The molecule has 0 aliphatic rings. The van der Waals surface area contributed by atoms with Gasteiger partial charge in [-0.2, -0.15) is 0 Å². The molecule has 4 nitrogen and oxygen atoms in total. The number of nitrogens with zero attached hydrogens (tertiary/aromatic N) is 3. The average Bonchev–Trinajstić information content (AvgIpc) is 2.48. The van der Waals surface area contributed by atoms with Crippen LogP contribution in [0.3, 0.4) is 0 Å². The number of nitrogens with one attached hydrogen (secondary N) is 1. The van der Waals surface area contributed by atoms with Gasteiger partial charge >= 0.3 is 0 Å². The number of para-hydroxylation sites is 1. The van der Waals surface area contributed by atoms with Gasteiger partial charge in [0.25, 0.3) is 0 Å². The second kappa shape index (κ2) is 7.01. The summed E-state index contributed by atoms with van der Waals surface area (Å²) >= 11 is 0. The van der Waals surface area contributed by atoms with Gasteiger partial charge in [0.2, 0.25) is 5.95 Å². The molecule has 106 valence electrons. The molecule has 1 heterocycles. The summed E-state index contributed by atoms with van der Waals surface area (Å²) in [6, 6.07) is 10.7. The topological polar surface area (TPSA) is 41.1 Å². The maximum Gasteiger partial charge on any atom is 0.229 e. The number of rotatable bonds is 6. The lowest BCUT2D eigenvalue weighted by atomic mass is 10.3. The molecule has 0 radical (unpaired) electrons. The van der Waals surface area contributed by atoms with Crippen LogP contribution in [0.4, 0.5) is 11.6 Å². The van der Waals surface area contributed by atoms with Crippen molar-refractivity contribution in [2.24, 2.45) is 0 Å². The lowest BCUT2D eigenvalue weighted by Crippen LogP contribution is -2.22. The normalized spacial score (nSPS) is 10.8. The van der Waals surface area contributed by atoms with Gasteiger partial charge in [0.05, 0.1) is 0 Å². The van der Waals surface area contributed by atoms with Crippen molar-refractivity contribution in [3.63, 3.8) is 0 Å². The van der Waals surface area contributed by atoms with Crippen molar-refractivity contribution in [2.75, 3.05) is 11.4 Å². The molecule has 0 amide bonds. The maximum absolute atomic E-state index is 4.48. The Balaban J connectivity index is 2.11. The molecule has 0 atom stereocenters. The molecule has 20 heavy (non-hydrogen) atoms. The van der Waals surface area contributed by atoms with Gasteiger partial charge < -0.3 is 10.2 Å². The lowest BCUT2D eigenvalue weighted by molar-refractivity contribution is 0.587. The summed E-state index contributed by atoms with van der Waals surface area (Å²) in [5, 5.41) is 3.36. The molecule has 0 aliphatic carbocycles. The van der Waals surface area contributed by atoms with Crippen LogP contribution in [-0.4, -0.2) is 22.6 Å². The van der Waals surface area contributed by atoms with Gasteiger partial charge in [-0.25, -0.2) is 9.97 Å². The zero-order chi connectivity index (χ0) is 14.4. The van der Waals surface area contributed by atoms with E-state index in [4.69, 9.17) is 0 Å². The van der Waals surface area contributed by atoms with Crippen molar-refractivity contribution in [1.82, 2.24) is 15.3 Å². The molecule has 2 aromatic rings. The zero-order valence-electron chi connectivity index (χ0n) is 12.4. The summed E-state index contributed by atoms with van der Waals surface area (Å²) in [6.45, 7) is 8.00. The third kappa shape index (κ3) is 3.78. The van der Waals surface area contributed by atoms with E-state index in [9.17, 15) is 0 Å². The molecule has 0 saturated carbocycles. The molecule has 0 bridgehead atoms. The number of aromatic nitrogens is 2. The average molecular weight is 270 g/mol. The fourth-order valence-electron chi connectivity index (χ4n) is 1.95. The van der Waals surface area contributed by atoms with E-state index in [2.05, 4.69) is 53.1 Å². The Morgan fingerprint density at radius 1 is 1.10 bits per heavy atom. The largest absolute Gasteiger partial charge is 0.311 e. The van der Waals surface area contributed by atoms with E-state index in [0.29, 0.717) is 6.04 Å². The first-order chi connectivity index (χ1) is 9.70. The van der Waals surface area contributed by atoms with Crippen molar-refractivity contribution in [3.8, 4) is 0 Å². The van der Waals surface area contributed by atoms with E-state index in [1.54, 1.807) is 0 Å². The predicted molar refractivity (Wildman–Crippen MR) is 83.1 cm³/mol. The third-order valence-electron chi connectivity index (χ3n) is 3.03. The van der Waals surface area contributed by atoms with Crippen LogP contribution in [0.2, 0.25) is 0 Å². The highest BCUT2D eigenvalue weighted by Crippen LogP contribution is 2.20. The smallest absolute Gasteiger partial charge is 0.229 e. The Morgan fingerprint density at radius 2 is 1.75 bits per heavy atom. The molecule has 0 fully saturated rings. The first kappa shape index (κ1) is 14.5. The highest BCUT2D eigenvalue weighted by molar-refractivity contribution is 5.56. The minimum atomic E-state index is 0.464. The van der Waals surface area contributed by atoms with E-state index >= 15 is 0 Å². The number of anilines is 2. The first-order valence-corrected chi connectivity index (χ1v) is 7.07. The van der Waals surface area contributed by atoms with Crippen LogP contribution in [0.1, 0.15) is 26.3 Å². The van der Waals surface area contributed by atoms with Crippen LogP contribution in [0.25, 0.3) is 0 Å². The van der Waals surface area contributed by atoms with E-state index in [1.807, 2.05) is 30.6 Å². The third-order valence-corrected chi connectivity index (χ3v) is 3.03. The van der Waals surface area contributed by atoms with Gasteiger partial charge in [0, 0.05) is 42.8 Å². The SMILES string of the molecule is CCN(c1ccccc1)c1ncc(CNC(C)C)cn1. The molecule has 4 heteroatoms. The monoisotopic (exact) mass is 270 g/mol. The quantitative estimate of drug-likeness (QED) is 0.875. The van der Waals surface area contributed by atoms with Gasteiger partial charge in [0.1, 0.15) is 0 Å². The fraction of sp³-hybridized carbons (Fsp3) is 0.375. The van der Waals surface area contributed by atoms with Crippen LogP contribution >= 0.6 is 0 Å². The first-order valence-electron chi connectivity index (χ1n) is 7.07. The van der Waals surface area contributed by atoms with Gasteiger partial charge in [-0.3, -0.25) is 0 Å². The van der Waals surface area contributed by atoms with Crippen LogP contribution in [0.5, 0.6) is 0 Å². The highest BCUT2D eigenvalue weighted by atomic mass is 15.2. The van der Waals surface area contributed by atoms with Crippen LogP contribution in [-0.2, 0) is 6.54 Å². The van der Waals surface area contributed by atoms with Crippen molar-refractivity contribution in [2.45, 2.75) is 33.4 Å². The minimum Gasteiger partial charge on any atom is -0.311 e. The minimum absolute atomic E-state index is 0.464. The lowest BCUT2D eigenvalue weighted by Gasteiger charge is -2.20. The van der Waals surface area contributed by atoms with Crippen molar-refractivity contribution < 1.29 is 0 Å². The molecular weight excluding hydrogens is 248 g/mol. The number of benzene rings is 1. The Kier molecular flexibility index (Phi) is 5.07. The molecular formula is C16H22N4. The molecule has 0 saturated heterocycles. The Morgan fingerprint density at radius 3 is 2.30 bits per heavy atom. The Hall–Kier alpha value is -1.94. The molecule has 0 aliphatic heterocycles. The van der Waals surface area contributed by atoms with Crippen LogP contribution in [0.15, 0.2) is 42.7 Å². The van der Waals surface area contributed by atoms with Gasteiger partial charge in [-0.1, -0.05) is 32.0 Å². The van der Waals surface area contributed by atoms with E-state index < -0.39 is 0 Å². The second-order valence-electron chi connectivity index (χ2n) is 5.01. The molecule has 1 N–H and O–H groups in total. The van der Waals surface area contributed by atoms with Crippen LogP contribution < -0.4 is 10.2 Å². The van der Waals surface area contributed by atoms with E-state index in [-0.39, 0.29) is 0 Å². The van der Waals surface area contributed by atoms with Gasteiger partial charge in [-0.05, 0) is 19.1 Å². The number of hydrogen-bond acceptors (Lipinski definition) is 4. The highest BCUT2D eigenvalue weighted by Gasteiger charge is 2.09. The summed E-state index contributed by atoms with van der Waals surface area (Å²) in [7, 11) is 0. The Bertz CT molecular complexity index is 508. The number of hydrogen-bond donors (Lipinski definition) is 1. The summed E-state index contributed by atoms with van der Waals surface area (Å²) in [4.78, 5) is 11.1. The van der Waals surface area contributed by atoms with Crippen LogP contribution in [0, 0.1) is 0 Å². The molecule has 1 aromatic heterocycles. The summed E-state index contributed by atoms with van der Waals surface area (Å²) < 4.78 is 0. The van der Waals surface area contributed by atoms with E-state index in [1.165, 1.54) is 0 Å². The molecule has 1 aromatic carbocycles. The molecule has 0 spiro atoms. The van der Waals surface area contributed by atoms with Crippen molar-refractivity contribution in [3.05, 3.63) is 48.3 Å².